The van der Waals surface area contributed by atoms with E-state index in [0.717, 1.165) is 17.0 Å². The summed E-state index contributed by atoms with van der Waals surface area (Å²) in [6.45, 7) is 7.52. The van der Waals surface area contributed by atoms with Gasteiger partial charge in [0.25, 0.3) is 5.56 Å². The van der Waals surface area contributed by atoms with Gasteiger partial charge in [0, 0.05) is 17.1 Å². The van der Waals surface area contributed by atoms with Gasteiger partial charge in [0.2, 0.25) is 0 Å². The fourth-order valence-electron chi connectivity index (χ4n) is 5.06. The maximum absolute atomic E-state index is 14.0. The van der Waals surface area contributed by atoms with Crippen molar-refractivity contribution in [2.75, 3.05) is 13.7 Å². The molecule has 0 aliphatic carbocycles. The van der Waals surface area contributed by atoms with Crippen LogP contribution in [0.1, 0.15) is 42.4 Å². The highest BCUT2D eigenvalue weighted by atomic mass is 79.9. The van der Waals surface area contributed by atoms with Gasteiger partial charge in [-0.3, -0.25) is 9.36 Å². The molecule has 1 atom stereocenters. The molecule has 7 nitrogen and oxygen atoms in total. The first kappa shape index (κ1) is 29.0. The van der Waals surface area contributed by atoms with Crippen LogP contribution in [0.15, 0.2) is 68.0 Å². The fourth-order valence-corrected chi connectivity index (χ4v) is 6.83. The van der Waals surface area contributed by atoms with E-state index in [4.69, 9.17) is 21.1 Å². The number of fused-ring (bicyclic) bond motifs is 1. The zero-order valence-electron chi connectivity index (χ0n) is 22.9. The van der Waals surface area contributed by atoms with Crippen molar-refractivity contribution in [2.45, 2.75) is 33.7 Å². The van der Waals surface area contributed by atoms with E-state index in [-0.39, 0.29) is 17.2 Å². The first-order valence-electron chi connectivity index (χ1n) is 12.7. The Hall–Kier alpha value is -3.47. The largest absolute Gasteiger partial charge is 0.496 e. The highest BCUT2D eigenvalue weighted by Crippen LogP contribution is 2.35. The van der Waals surface area contributed by atoms with Crippen molar-refractivity contribution in [3.8, 4) is 11.4 Å². The summed E-state index contributed by atoms with van der Waals surface area (Å²) in [5.41, 5.74) is 4.49. The monoisotopic (exact) mass is 657 g/mol. The van der Waals surface area contributed by atoms with Gasteiger partial charge in [-0.1, -0.05) is 29.0 Å². The van der Waals surface area contributed by atoms with Crippen LogP contribution in [0.25, 0.3) is 11.8 Å². The summed E-state index contributed by atoms with van der Waals surface area (Å²) in [6, 6.07) is 11.2. The smallest absolute Gasteiger partial charge is 0.338 e. The number of benzene rings is 2. The van der Waals surface area contributed by atoms with Crippen LogP contribution in [-0.2, 0) is 9.53 Å². The third kappa shape index (κ3) is 5.20. The average Bonchev–Trinajstić information content (AvgIpc) is 3.38. The molecule has 41 heavy (non-hydrogen) atoms. The number of hydrogen-bond donors (Lipinski definition) is 0. The predicted molar refractivity (Wildman–Crippen MR) is 161 cm³/mol. The van der Waals surface area contributed by atoms with Crippen molar-refractivity contribution in [1.82, 2.24) is 9.13 Å². The van der Waals surface area contributed by atoms with Crippen molar-refractivity contribution < 1.29 is 18.7 Å². The van der Waals surface area contributed by atoms with Gasteiger partial charge in [0.05, 0.1) is 45.1 Å². The number of thiazole rings is 1. The van der Waals surface area contributed by atoms with Gasteiger partial charge < -0.3 is 14.0 Å². The minimum Gasteiger partial charge on any atom is -0.496 e. The van der Waals surface area contributed by atoms with E-state index in [1.165, 1.54) is 17.4 Å². The molecular weight excluding hydrogens is 633 g/mol. The van der Waals surface area contributed by atoms with Crippen LogP contribution in [0.4, 0.5) is 4.39 Å². The lowest BCUT2D eigenvalue weighted by molar-refractivity contribution is -0.139. The van der Waals surface area contributed by atoms with Gasteiger partial charge in [0.1, 0.15) is 11.6 Å². The number of carbonyl (C=O) groups excluding carboxylic acids is 1. The molecule has 0 bridgehead atoms. The molecule has 0 saturated heterocycles. The molecule has 3 heterocycles. The van der Waals surface area contributed by atoms with Gasteiger partial charge in [0.15, 0.2) is 4.80 Å². The number of allylic oxidation sites excluding steroid dienone is 1. The Bertz CT molecular complexity index is 1920. The quantitative estimate of drug-likeness (QED) is 0.247. The number of hydrogen-bond acceptors (Lipinski definition) is 6. The fraction of sp³-hybridized carbons (Fsp3) is 0.233. The third-order valence-corrected chi connectivity index (χ3v) is 8.82. The van der Waals surface area contributed by atoms with Crippen LogP contribution in [0.5, 0.6) is 5.75 Å². The Morgan fingerprint density at radius 3 is 2.61 bits per heavy atom. The lowest BCUT2D eigenvalue weighted by Crippen LogP contribution is -2.40. The van der Waals surface area contributed by atoms with Crippen molar-refractivity contribution in [3.05, 3.63) is 111 Å². The van der Waals surface area contributed by atoms with E-state index in [2.05, 4.69) is 20.9 Å². The van der Waals surface area contributed by atoms with Crippen LogP contribution in [0.2, 0.25) is 5.02 Å². The lowest BCUT2D eigenvalue weighted by Gasteiger charge is -2.25. The van der Waals surface area contributed by atoms with Crippen LogP contribution in [0.3, 0.4) is 0 Å². The first-order chi connectivity index (χ1) is 19.5. The summed E-state index contributed by atoms with van der Waals surface area (Å²) in [5.74, 6) is -0.394. The maximum atomic E-state index is 14.0. The van der Waals surface area contributed by atoms with E-state index in [0.29, 0.717) is 42.1 Å². The van der Waals surface area contributed by atoms with Gasteiger partial charge in [-0.2, -0.15) is 0 Å². The SMILES string of the molecule is CCOC(=O)C1=C(C)N=c2s/c(=C/c3cc(C)n(-c4ccc(F)c(Cl)c4)c3C)c(=O)n2[C@@H]1c1ccc(OC)c(Br)c1. The Labute approximate surface area is 253 Å². The number of methoxy groups -OCH3 is 1. The molecule has 1 aliphatic heterocycles. The highest BCUT2D eigenvalue weighted by Gasteiger charge is 2.33. The van der Waals surface area contributed by atoms with Gasteiger partial charge in [-0.05, 0) is 97.2 Å². The van der Waals surface area contributed by atoms with Gasteiger partial charge in [-0.25, -0.2) is 14.2 Å². The molecule has 0 unspecified atom stereocenters. The number of rotatable bonds is 6. The van der Waals surface area contributed by atoms with Crippen LogP contribution in [-0.4, -0.2) is 28.8 Å². The van der Waals surface area contributed by atoms with E-state index in [9.17, 15) is 14.0 Å². The Morgan fingerprint density at radius 1 is 1.20 bits per heavy atom. The number of esters is 1. The minimum absolute atomic E-state index is 0.0304. The maximum Gasteiger partial charge on any atom is 0.338 e. The van der Waals surface area contributed by atoms with Crippen molar-refractivity contribution in [2.24, 2.45) is 4.99 Å². The average molecular weight is 659 g/mol. The number of nitrogens with zero attached hydrogens (tertiary/aromatic N) is 3. The minimum atomic E-state index is -0.747. The van der Waals surface area contributed by atoms with Crippen molar-refractivity contribution in [1.29, 1.82) is 0 Å². The number of halogens is 3. The number of ether oxygens (including phenoxy) is 2. The third-order valence-electron chi connectivity index (χ3n) is 6.93. The Kier molecular flexibility index (Phi) is 8.09. The molecule has 2 aromatic heterocycles. The standard InChI is InChI=1S/C30H26BrClFN3O4S/c1-6-40-29(38)26-16(3)34-30-36(27(26)18-7-10-24(39-5)21(31)12-18)28(37)25(41-30)13-19-11-15(2)35(17(19)4)20-8-9-23(33)22(32)14-20/h7-14,27H,6H2,1-5H3/b25-13+/t27-/m1/s1. The summed E-state index contributed by atoms with van der Waals surface area (Å²) in [7, 11) is 1.57. The lowest BCUT2D eigenvalue weighted by atomic mass is 9.96. The highest BCUT2D eigenvalue weighted by molar-refractivity contribution is 9.10. The summed E-state index contributed by atoms with van der Waals surface area (Å²) in [4.78, 5) is 32.3. The molecule has 0 radical (unpaired) electrons. The molecule has 212 valence electrons. The molecular formula is C30H26BrClFN3O4S. The second-order valence-corrected chi connectivity index (χ2v) is 11.7. The Morgan fingerprint density at radius 2 is 1.95 bits per heavy atom. The Balaban J connectivity index is 1.70. The second kappa shape index (κ2) is 11.4. The van der Waals surface area contributed by atoms with E-state index < -0.39 is 17.8 Å². The first-order valence-corrected chi connectivity index (χ1v) is 14.7. The normalized spacial score (nSPS) is 15.1. The summed E-state index contributed by atoms with van der Waals surface area (Å²) >= 11 is 10.8. The molecule has 0 fully saturated rings. The molecule has 0 amide bonds. The molecule has 0 saturated carbocycles. The van der Waals surface area contributed by atoms with Gasteiger partial charge >= 0.3 is 5.97 Å². The molecule has 1 aliphatic rings. The zero-order chi connectivity index (χ0) is 29.6. The number of aromatic nitrogens is 2. The van der Waals surface area contributed by atoms with Crippen LogP contribution in [0, 0.1) is 19.7 Å². The molecule has 5 rings (SSSR count). The topological polar surface area (TPSA) is 74.8 Å². The zero-order valence-corrected chi connectivity index (χ0v) is 26.1. The molecule has 0 N–H and O–H groups in total. The summed E-state index contributed by atoms with van der Waals surface area (Å²) in [5, 5.41) is 0.0304. The molecule has 0 spiro atoms. The van der Waals surface area contributed by atoms with E-state index in [1.54, 1.807) is 43.7 Å². The van der Waals surface area contributed by atoms with E-state index in [1.807, 2.05) is 42.7 Å². The molecule has 11 heteroatoms. The van der Waals surface area contributed by atoms with Gasteiger partial charge in [-0.15, -0.1) is 0 Å². The number of carbonyl (C=O) groups is 1. The van der Waals surface area contributed by atoms with E-state index >= 15 is 0 Å². The van der Waals surface area contributed by atoms with Crippen molar-refractivity contribution in [3.63, 3.8) is 0 Å². The predicted octanol–water partition coefficient (Wildman–Crippen LogP) is 5.77. The second-order valence-electron chi connectivity index (χ2n) is 9.46. The van der Waals surface area contributed by atoms with Crippen LogP contribution < -0.4 is 19.6 Å². The summed E-state index contributed by atoms with van der Waals surface area (Å²) < 4.78 is 29.2. The number of aryl methyl sites for hydroxylation is 1. The molecule has 4 aromatic rings. The van der Waals surface area contributed by atoms with Crippen LogP contribution >= 0.6 is 38.9 Å². The summed E-state index contributed by atoms with van der Waals surface area (Å²) in [6.07, 6.45) is 1.82. The molecule has 2 aromatic carbocycles. The van der Waals surface area contributed by atoms with Crippen molar-refractivity contribution >= 4 is 50.9 Å².